The summed E-state index contributed by atoms with van der Waals surface area (Å²) in [5.41, 5.74) is 4.43. The number of aliphatic hydroxyl groups is 1. The van der Waals surface area contributed by atoms with Gasteiger partial charge in [-0.3, -0.25) is 0 Å². The van der Waals surface area contributed by atoms with E-state index in [1.165, 1.54) is 0 Å². The first kappa shape index (κ1) is 14.9. The van der Waals surface area contributed by atoms with Crippen molar-refractivity contribution in [1.29, 1.82) is 0 Å². The van der Waals surface area contributed by atoms with Crippen LogP contribution < -0.4 is 5.73 Å². The van der Waals surface area contributed by atoms with Gasteiger partial charge in [-0.2, -0.15) is 13.2 Å². The smallest absolute Gasteiger partial charge is 0.391 e. The van der Waals surface area contributed by atoms with E-state index in [9.17, 15) is 22.7 Å². The zero-order valence-corrected chi connectivity index (χ0v) is 10.0. The Bertz CT molecular complexity index is 417. The highest BCUT2D eigenvalue weighted by Gasteiger charge is 2.32. The Balaban J connectivity index is 3.06. The van der Waals surface area contributed by atoms with E-state index in [1.54, 1.807) is 13.8 Å². The summed E-state index contributed by atoms with van der Waals surface area (Å²) in [7, 11) is 0. The molecule has 1 aromatic rings. The molecular formula is C12H15F4NO. The number of rotatable bonds is 3. The largest absolute Gasteiger partial charge is 0.416 e. The van der Waals surface area contributed by atoms with Crippen LogP contribution in [0.2, 0.25) is 0 Å². The molecular weight excluding hydrogens is 250 g/mol. The molecule has 0 amide bonds. The minimum absolute atomic E-state index is 0.121. The SMILES string of the molecule is CC(C)[C@@H](O)[C@@H](N)c1ccc(C(F)(F)F)cc1F. The summed E-state index contributed by atoms with van der Waals surface area (Å²) in [6.45, 7) is 3.37. The lowest BCUT2D eigenvalue weighted by Gasteiger charge is -2.23. The van der Waals surface area contributed by atoms with Crippen LogP contribution >= 0.6 is 0 Å². The fourth-order valence-electron chi connectivity index (χ4n) is 1.57. The molecule has 0 unspecified atom stereocenters. The molecule has 0 saturated carbocycles. The third kappa shape index (κ3) is 3.20. The van der Waals surface area contributed by atoms with Gasteiger partial charge in [0.2, 0.25) is 0 Å². The van der Waals surface area contributed by atoms with E-state index < -0.39 is 29.7 Å². The van der Waals surface area contributed by atoms with Gasteiger partial charge in [0.15, 0.2) is 0 Å². The van der Waals surface area contributed by atoms with Crippen LogP contribution in [0.3, 0.4) is 0 Å². The van der Waals surface area contributed by atoms with Crippen LogP contribution in [-0.2, 0) is 6.18 Å². The Morgan fingerprint density at radius 3 is 2.17 bits per heavy atom. The quantitative estimate of drug-likeness (QED) is 0.825. The number of alkyl halides is 3. The summed E-state index contributed by atoms with van der Waals surface area (Å²) in [6, 6.07) is 1.06. The molecule has 0 spiro atoms. The van der Waals surface area contributed by atoms with E-state index in [1.807, 2.05) is 0 Å². The van der Waals surface area contributed by atoms with Crippen molar-refractivity contribution in [2.24, 2.45) is 11.7 Å². The van der Waals surface area contributed by atoms with Crippen LogP contribution in [0.15, 0.2) is 18.2 Å². The standard InChI is InChI=1S/C12H15F4NO/c1-6(2)11(18)10(17)8-4-3-7(5-9(8)13)12(14,15)16/h3-6,10-11,18H,17H2,1-2H3/t10-,11+/m0/s1. The molecule has 1 rings (SSSR count). The molecule has 1 aromatic carbocycles. The molecule has 0 saturated heterocycles. The molecule has 0 aliphatic carbocycles. The predicted molar refractivity (Wildman–Crippen MR) is 59.2 cm³/mol. The fourth-order valence-corrected chi connectivity index (χ4v) is 1.57. The molecule has 3 N–H and O–H groups in total. The lowest BCUT2D eigenvalue weighted by Crippen LogP contribution is -2.31. The topological polar surface area (TPSA) is 46.2 Å². The fraction of sp³-hybridized carbons (Fsp3) is 0.500. The number of aliphatic hydroxyl groups excluding tert-OH is 1. The van der Waals surface area contributed by atoms with Gasteiger partial charge in [-0.1, -0.05) is 19.9 Å². The number of halogens is 4. The minimum atomic E-state index is -4.60. The number of hydrogen-bond donors (Lipinski definition) is 2. The maximum Gasteiger partial charge on any atom is 0.416 e. The molecule has 0 aliphatic rings. The van der Waals surface area contributed by atoms with Gasteiger partial charge in [-0.25, -0.2) is 4.39 Å². The van der Waals surface area contributed by atoms with Gasteiger partial charge < -0.3 is 10.8 Å². The molecule has 2 atom stereocenters. The van der Waals surface area contributed by atoms with Crippen LogP contribution in [0.4, 0.5) is 17.6 Å². The summed E-state index contributed by atoms with van der Waals surface area (Å²) < 4.78 is 50.6. The average Bonchev–Trinajstić information content (AvgIpc) is 2.25. The molecule has 0 aliphatic heterocycles. The average molecular weight is 265 g/mol. The second kappa shape index (κ2) is 5.24. The maximum absolute atomic E-state index is 13.6. The van der Waals surface area contributed by atoms with Crippen LogP contribution in [-0.4, -0.2) is 11.2 Å². The van der Waals surface area contributed by atoms with Crippen molar-refractivity contribution in [3.05, 3.63) is 35.1 Å². The Kier molecular flexibility index (Phi) is 4.34. The highest BCUT2D eigenvalue weighted by molar-refractivity contribution is 5.29. The van der Waals surface area contributed by atoms with E-state index >= 15 is 0 Å². The third-order valence-corrected chi connectivity index (χ3v) is 2.74. The van der Waals surface area contributed by atoms with Crippen molar-refractivity contribution in [3.63, 3.8) is 0 Å². The van der Waals surface area contributed by atoms with Crippen molar-refractivity contribution in [2.45, 2.75) is 32.2 Å². The van der Waals surface area contributed by atoms with Crippen molar-refractivity contribution in [2.75, 3.05) is 0 Å². The Morgan fingerprint density at radius 2 is 1.78 bits per heavy atom. The molecule has 18 heavy (non-hydrogen) atoms. The third-order valence-electron chi connectivity index (χ3n) is 2.74. The first-order valence-electron chi connectivity index (χ1n) is 5.45. The Hall–Kier alpha value is -1.14. The van der Waals surface area contributed by atoms with Gasteiger partial charge in [-0.15, -0.1) is 0 Å². The summed E-state index contributed by atoms with van der Waals surface area (Å²) in [5, 5.41) is 9.69. The van der Waals surface area contributed by atoms with Crippen LogP contribution in [0.5, 0.6) is 0 Å². The van der Waals surface area contributed by atoms with Gasteiger partial charge in [0.1, 0.15) is 5.82 Å². The molecule has 2 nitrogen and oxygen atoms in total. The number of nitrogens with two attached hydrogens (primary N) is 1. The first-order valence-corrected chi connectivity index (χ1v) is 5.45. The molecule has 102 valence electrons. The maximum atomic E-state index is 13.6. The van der Waals surface area contributed by atoms with Gasteiger partial charge in [0, 0.05) is 5.56 Å². The second-order valence-corrected chi connectivity index (χ2v) is 4.49. The van der Waals surface area contributed by atoms with E-state index in [4.69, 9.17) is 5.73 Å². The number of benzene rings is 1. The highest BCUT2D eigenvalue weighted by atomic mass is 19.4. The summed E-state index contributed by atoms with van der Waals surface area (Å²) in [5.74, 6) is -1.28. The van der Waals surface area contributed by atoms with Crippen molar-refractivity contribution >= 4 is 0 Å². The Morgan fingerprint density at radius 1 is 1.22 bits per heavy atom. The van der Waals surface area contributed by atoms with E-state index in [2.05, 4.69) is 0 Å². The van der Waals surface area contributed by atoms with E-state index in [0.29, 0.717) is 6.07 Å². The van der Waals surface area contributed by atoms with Crippen LogP contribution in [0.1, 0.15) is 31.0 Å². The Labute approximate surface area is 102 Å². The lowest BCUT2D eigenvalue weighted by molar-refractivity contribution is -0.137. The second-order valence-electron chi connectivity index (χ2n) is 4.49. The summed E-state index contributed by atoms with van der Waals surface area (Å²) in [4.78, 5) is 0. The van der Waals surface area contributed by atoms with E-state index in [0.717, 1.165) is 12.1 Å². The van der Waals surface area contributed by atoms with E-state index in [-0.39, 0.29) is 11.5 Å². The van der Waals surface area contributed by atoms with Crippen molar-refractivity contribution in [3.8, 4) is 0 Å². The summed E-state index contributed by atoms with van der Waals surface area (Å²) >= 11 is 0. The molecule has 6 heteroatoms. The summed E-state index contributed by atoms with van der Waals surface area (Å²) in [6.07, 6.45) is -5.61. The molecule has 0 radical (unpaired) electrons. The highest BCUT2D eigenvalue weighted by Crippen LogP contribution is 2.32. The minimum Gasteiger partial charge on any atom is -0.391 e. The van der Waals surface area contributed by atoms with Crippen molar-refractivity contribution in [1.82, 2.24) is 0 Å². The van der Waals surface area contributed by atoms with Gasteiger partial charge >= 0.3 is 6.18 Å². The first-order chi connectivity index (χ1) is 8.14. The predicted octanol–water partition coefficient (Wildman–Crippen LogP) is 2.86. The zero-order valence-electron chi connectivity index (χ0n) is 10.0. The molecule has 0 heterocycles. The lowest BCUT2D eigenvalue weighted by atomic mass is 9.93. The van der Waals surface area contributed by atoms with Crippen molar-refractivity contribution < 1.29 is 22.7 Å². The molecule has 0 bridgehead atoms. The zero-order chi connectivity index (χ0) is 14.1. The van der Waals surface area contributed by atoms with Gasteiger partial charge in [0.25, 0.3) is 0 Å². The van der Waals surface area contributed by atoms with Gasteiger partial charge in [0.05, 0.1) is 17.7 Å². The van der Waals surface area contributed by atoms with Crippen LogP contribution in [0, 0.1) is 11.7 Å². The molecule has 0 fully saturated rings. The van der Waals surface area contributed by atoms with Gasteiger partial charge in [-0.05, 0) is 18.1 Å². The molecule has 0 aromatic heterocycles. The number of hydrogen-bond acceptors (Lipinski definition) is 2. The van der Waals surface area contributed by atoms with Crippen LogP contribution in [0.25, 0.3) is 0 Å². The normalized spacial score (nSPS) is 15.8. The monoisotopic (exact) mass is 265 g/mol.